The molecule has 0 spiro atoms. The van der Waals surface area contributed by atoms with E-state index in [1.807, 2.05) is 0 Å². The van der Waals surface area contributed by atoms with Gasteiger partial charge in [0, 0.05) is 0 Å². The fourth-order valence-corrected chi connectivity index (χ4v) is 4.15. The van der Waals surface area contributed by atoms with Crippen molar-refractivity contribution in [2.75, 3.05) is 21.0 Å². The van der Waals surface area contributed by atoms with E-state index < -0.39 is 17.9 Å². The molecule has 32 heavy (non-hydrogen) atoms. The number of carbonyl (C=O) groups is 1. The van der Waals surface area contributed by atoms with Crippen LogP contribution < -0.4 is 24.4 Å². The van der Waals surface area contributed by atoms with Crippen molar-refractivity contribution in [1.29, 1.82) is 0 Å². The van der Waals surface area contributed by atoms with Crippen LogP contribution in [0.5, 0.6) is 23.0 Å². The zero-order valence-electron chi connectivity index (χ0n) is 17.3. The summed E-state index contributed by atoms with van der Waals surface area (Å²) in [5, 5.41) is 7.87. The van der Waals surface area contributed by atoms with E-state index in [0.717, 1.165) is 0 Å². The van der Waals surface area contributed by atoms with Crippen LogP contribution in [0.2, 0.25) is 0 Å². The van der Waals surface area contributed by atoms with E-state index in [1.54, 1.807) is 6.92 Å². The van der Waals surface area contributed by atoms with Gasteiger partial charge in [-0.1, -0.05) is 24.2 Å². The van der Waals surface area contributed by atoms with Gasteiger partial charge in [-0.25, -0.2) is 9.82 Å². The Morgan fingerprint density at radius 3 is 2.59 bits per heavy atom. The number of ether oxygens (including phenoxy) is 4. The smallest absolute Gasteiger partial charge is 0.289 e. The number of benzene rings is 2. The molecule has 0 aliphatic carbocycles. The lowest BCUT2D eigenvalue weighted by atomic mass is 9.92. The summed E-state index contributed by atoms with van der Waals surface area (Å²) in [5.41, 5.74) is 3.76. The standard InChI is InChI=1S/C21H19BrFN3O6/c1-10-15(21(27)25-24-8-11-4-6-12(23)7-5-11)26-32-16(10)13-14(22)18-20(31-9-30-18)19(29-3)17(13)28-2/h4-8,10,16H,9H2,1-3H3,(H,25,27)/b24-8+. The summed E-state index contributed by atoms with van der Waals surface area (Å²) in [6.07, 6.45) is 0.739. The number of hydrazone groups is 1. The van der Waals surface area contributed by atoms with Gasteiger partial charge < -0.3 is 23.8 Å². The molecule has 2 aromatic rings. The number of oxime groups is 1. The lowest BCUT2D eigenvalue weighted by Crippen LogP contribution is -2.31. The Balaban J connectivity index is 1.55. The minimum Gasteiger partial charge on any atom is -0.492 e. The Morgan fingerprint density at radius 2 is 1.91 bits per heavy atom. The second-order valence-corrected chi connectivity index (χ2v) is 7.69. The number of fused-ring (bicyclic) bond motifs is 1. The molecule has 0 fully saturated rings. The molecule has 0 aromatic heterocycles. The molecule has 168 valence electrons. The number of amides is 1. The summed E-state index contributed by atoms with van der Waals surface area (Å²) in [6.45, 7) is 1.83. The lowest BCUT2D eigenvalue weighted by Gasteiger charge is -2.22. The van der Waals surface area contributed by atoms with E-state index in [9.17, 15) is 9.18 Å². The van der Waals surface area contributed by atoms with Crippen molar-refractivity contribution in [3.8, 4) is 23.0 Å². The summed E-state index contributed by atoms with van der Waals surface area (Å²) in [4.78, 5) is 18.2. The normalized spacial score (nSPS) is 19.0. The second-order valence-electron chi connectivity index (χ2n) is 6.90. The third kappa shape index (κ3) is 3.83. The van der Waals surface area contributed by atoms with Gasteiger partial charge in [0.2, 0.25) is 18.3 Å². The zero-order chi connectivity index (χ0) is 22.8. The second kappa shape index (κ2) is 9.03. The highest BCUT2D eigenvalue weighted by molar-refractivity contribution is 9.10. The highest BCUT2D eigenvalue weighted by Crippen LogP contribution is 2.57. The lowest BCUT2D eigenvalue weighted by molar-refractivity contribution is -0.115. The first kappa shape index (κ1) is 21.9. The molecule has 0 saturated carbocycles. The number of halogens is 2. The van der Waals surface area contributed by atoms with Crippen molar-refractivity contribution in [2.45, 2.75) is 13.0 Å². The summed E-state index contributed by atoms with van der Waals surface area (Å²) in [6, 6.07) is 5.68. The minimum absolute atomic E-state index is 0.0359. The van der Waals surface area contributed by atoms with Gasteiger partial charge in [0.1, 0.15) is 5.82 Å². The molecule has 9 nitrogen and oxygen atoms in total. The quantitative estimate of drug-likeness (QED) is 0.474. The molecule has 2 heterocycles. The summed E-state index contributed by atoms with van der Waals surface area (Å²) >= 11 is 3.53. The number of hydrogen-bond acceptors (Lipinski definition) is 8. The molecular formula is C21H19BrFN3O6. The van der Waals surface area contributed by atoms with Crippen molar-refractivity contribution in [1.82, 2.24) is 5.43 Å². The Morgan fingerprint density at radius 1 is 1.22 bits per heavy atom. The van der Waals surface area contributed by atoms with Gasteiger partial charge >= 0.3 is 0 Å². The van der Waals surface area contributed by atoms with Crippen molar-refractivity contribution in [3.05, 3.63) is 45.7 Å². The van der Waals surface area contributed by atoms with Crippen LogP contribution in [0.3, 0.4) is 0 Å². The van der Waals surface area contributed by atoms with Crippen molar-refractivity contribution in [2.24, 2.45) is 16.2 Å². The monoisotopic (exact) mass is 507 g/mol. The molecule has 1 N–H and O–H groups in total. The predicted octanol–water partition coefficient (Wildman–Crippen LogP) is 3.55. The fraction of sp³-hybridized carbons (Fsp3) is 0.286. The third-order valence-electron chi connectivity index (χ3n) is 5.03. The first-order chi connectivity index (χ1) is 15.5. The van der Waals surface area contributed by atoms with Crippen molar-refractivity contribution < 1.29 is 33.0 Å². The Hall–Kier alpha value is -3.34. The summed E-state index contributed by atoms with van der Waals surface area (Å²) in [7, 11) is 2.99. The molecule has 0 saturated heterocycles. The molecule has 2 atom stereocenters. The zero-order valence-corrected chi connectivity index (χ0v) is 18.9. The van der Waals surface area contributed by atoms with Gasteiger partial charge in [-0.3, -0.25) is 4.79 Å². The van der Waals surface area contributed by atoms with Gasteiger partial charge in [0.25, 0.3) is 5.91 Å². The molecule has 2 aromatic carbocycles. The van der Waals surface area contributed by atoms with Crippen LogP contribution >= 0.6 is 15.9 Å². The number of rotatable bonds is 6. The number of carbonyl (C=O) groups excluding carboxylic acids is 1. The first-order valence-corrected chi connectivity index (χ1v) is 10.3. The van der Waals surface area contributed by atoms with Crippen LogP contribution in [-0.4, -0.2) is 38.8 Å². The minimum atomic E-state index is -0.662. The van der Waals surface area contributed by atoms with Gasteiger partial charge in [0.15, 0.2) is 23.3 Å². The SMILES string of the molecule is COc1c2c(c(Br)c(C3ON=C(C(=O)N/N=C/c4ccc(F)cc4)C3C)c1OC)OCO2. The van der Waals surface area contributed by atoms with E-state index in [0.29, 0.717) is 38.6 Å². The molecule has 2 aliphatic heterocycles. The van der Waals surface area contributed by atoms with Crippen LogP contribution in [0.4, 0.5) is 4.39 Å². The first-order valence-electron chi connectivity index (χ1n) is 9.51. The summed E-state index contributed by atoms with van der Waals surface area (Å²) < 4.78 is 35.7. The average molecular weight is 508 g/mol. The molecule has 0 radical (unpaired) electrons. The van der Waals surface area contributed by atoms with E-state index >= 15 is 0 Å². The molecule has 0 bridgehead atoms. The Kier molecular flexibility index (Phi) is 6.17. The maximum absolute atomic E-state index is 13.0. The van der Waals surface area contributed by atoms with Crippen molar-refractivity contribution >= 4 is 33.8 Å². The summed E-state index contributed by atoms with van der Waals surface area (Å²) in [5.74, 6) is 0.273. The van der Waals surface area contributed by atoms with Crippen LogP contribution in [0.15, 0.2) is 39.0 Å². The molecule has 11 heteroatoms. The van der Waals surface area contributed by atoms with Crippen molar-refractivity contribution in [3.63, 3.8) is 0 Å². The molecule has 2 unspecified atom stereocenters. The average Bonchev–Trinajstić information content (AvgIpc) is 3.42. The highest BCUT2D eigenvalue weighted by atomic mass is 79.9. The van der Waals surface area contributed by atoms with Gasteiger partial charge in [-0.15, -0.1) is 0 Å². The Labute approximate surface area is 191 Å². The van der Waals surface area contributed by atoms with E-state index in [4.69, 9.17) is 23.8 Å². The topological polar surface area (TPSA) is 100.0 Å². The van der Waals surface area contributed by atoms with E-state index in [1.165, 1.54) is 44.7 Å². The number of nitrogens with one attached hydrogen (secondary N) is 1. The van der Waals surface area contributed by atoms with Gasteiger partial charge in [0.05, 0.1) is 36.4 Å². The molecular weight excluding hydrogens is 489 g/mol. The van der Waals surface area contributed by atoms with Crippen LogP contribution in [0.25, 0.3) is 0 Å². The number of nitrogens with zero attached hydrogens (tertiary/aromatic N) is 2. The largest absolute Gasteiger partial charge is 0.492 e. The van der Waals surface area contributed by atoms with Crippen LogP contribution in [0, 0.1) is 11.7 Å². The molecule has 4 rings (SSSR count). The fourth-order valence-electron chi connectivity index (χ4n) is 3.45. The maximum Gasteiger partial charge on any atom is 0.289 e. The predicted molar refractivity (Wildman–Crippen MR) is 116 cm³/mol. The van der Waals surface area contributed by atoms with Gasteiger partial charge in [-0.05, 0) is 33.6 Å². The number of methoxy groups -OCH3 is 2. The van der Waals surface area contributed by atoms with Gasteiger partial charge in [-0.2, -0.15) is 5.10 Å². The van der Waals surface area contributed by atoms with Crippen LogP contribution in [-0.2, 0) is 9.63 Å². The number of hydrogen-bond donors (Lipinski definition) is 1. The maximum atomic E-state index is 13.0. The van der Waals surface area contributed by atoms with E-state index in [2.05, 4.69) is 31.6 Å². The molecule has 2 aliphatic rings. The van der Waals surface area contributed by atoms with E-state index in [-0.39, 0.29) is 18.3 Å². The molecule has 1 amide bonds. The van der Waals surface area contributed by atoms with Crippen LogP contribution in [0.1, 0.15) is 24.2 Å². The third-order valence-corrected chi connectivity index (χ3v) is 5.82. The highest BCUT2D eigenvalue weighted by Gasteiger charge is 2.42. The Bertz CT molecular complexity index is 1110.